The third kappa shape index (κ3) is 4.45. The van der Waals surface area contributed by atoms with Crippen LogP contribution in [0.1, 0.15) is 36.9 Å². The lowest BCUT2D eigenvalue weighted by Crippen LogP contribution is -2.19. The van der Waals surface area contributed by atoms with E-state index in [1.54, 1.807) is 0 Å². The average Bonchev–Trinajstić information content (AvgIpc) is 2.25. The number of nitrogens with one attached hydrogen (secondary N) is 1. The van der Waals surface area contributed by atoms with Crippen LogP contribution in [0.4, 0.5) is 0 Å². The molecule has 2 nitrogen and oxygen atoms in total. The Balaban J connectivity index is 2.33. The predicted molar refractivity (Wildman–Crippen MR) is 63.9 cm³/mol. The minimum absolute atomic E-state index is 0.292. The van der Waals surface area contributed by atoms with Crippen molar-refractivity contribution in [3.63, 3.8) is 0 Å². The maximum atomic E-state index is 8.65. The molecule has 15 heavy (non-hydrogen) atoms. The Kier molecular flexibility index (Phi) is 5.37. The van der Waals surface area contributed by atoms with E-state index in [0.29, 0.717) is 12.6 Å². The molecule has 0 aliphatic heterocycles. The average molecular weight is 207 g/mol. The molecular weight excluding hydrogens is 186 g/mol. The van der Waals surface area contributed by atoms with Crippen LogP contribution in [-0.2, 0) is 0 Å². The van der Waals surface area contributed by atoms with Gasteiger partial charge in [-0.15, -0.1) is 0 Å². The molecule has 0 aliphatic rings. The maximum absolute atomic E-state index is 8.65. The van der Waals surface area contributed by atoms with Gasteiger partial charge in [0, 0.05) is 12.6 Å². The lowest BCUT2D eigenvalue weighted by atomic mass is 10.1. The number of benzene rings is 1. The summed E-state index contributed by atoms with van der Waals surface area (Å²) in [5.74, 6) is 0. The quantitative estimate of drug-likeness (QED) is 0.702. The van der Waals surface area contributed by atoms with E-state index in [0.717, 1.165) is 19.4 Å². The Morgan fingerprint density at radius 3 is 2.47 bits per heavy atom. The fourth-order valence-corrected chi connectivity index (χ4v) is 1.53. The van der Waals surface area contributed by atoms with Gasteiger partial charge in [0.2, 0.25) is 0 Å². The second-order valence-corrected chi connectivity index (χ2v) is 4.02. The molecule has 0 fully saturated rings. The van der Waals surface area contributed by atoms with E-state index < -0.39 is 0 Å². The van der Waals surface area contributed by atoms with E-state index in [4.69, 9.17) is 5.11 Å². The highest BCUT2D eigenvalue weighted by molar-refractivity contribution is 5.23. The summed E-state index contributed by atoms with van der Waals surface area (Å²) in [4.78, 5) is 0. The number of unbranched alkanes of at least 4 members (excludes halogenated alkanes) is 1. The Labute approximate surface area is 92.3 Å². The van der Waals surface area contributed by atoms with Crippen molar-refractivity contribution >= 4 is 0 Å². The van der Waals surface area contributed by atoms with E-state index in [-0.39, 0.29) is 0 Å². The maximum Gasteiger partial charge on any atom is 0.0431 e. The van der Waals surface area contributed by atoms with Gasteiger partial charge in [-0.25, -0.2) is 0 Å². The van der Waals surface area contributed by atoms with Crippen molar-refractivity contribution < 1.29 is 5.11 Å². The molecule has 0 heterocycles. The Bertz CT molecular complexity index is 268. The molecule has 0 amide bonds. The lowest BCUT2D eigenvalue weighted by Gasteiger charge is -2.14. The SMILES string of the molecule is Cc1ccc([C@H](C)NCCCCO)cc1. The fourth-order valence-electron chi connectivity index (χ4n) is 1.53. The zero-order chi connectivity index (χ0) is 11.1. The van der Waals surface area contributed by atoms with Crippen LogP contribution in [-0.4, -0.2) is 18.3 Å². The van der Waals surface area contributed by atoms with Crippen LogP contribution in [0.15, 0.2) is 24.3 Å². The largest absolute Gasteiger partial charge is 0.396 e. The Morgan fingerprint density at radius 2 is 1.87 bits per heavy atom. The summed E-state index contributed by atoms with van der Waals surface area (Å²) in [6, 6.07) is 9.00. The molecular formula is C13H21NO. The summed E-state index contributed by atoms with van der Waals surface area (Å²) < 4.78 is 0. The molecule has 0 unspecified atom stereocenters. The smallest absolute Gasteiger partial charge is 0.0431 e. The zero-order valence-corrected chi connectivity index (χ0v) is 9.66. The molecule has 1 rings (SSSR count). The highest BCUT2D eigenvalue weighted by atomic mass is 16.2. The summed E-state index contributed by atoms with van der Waals surface area (Å²) in [5.41, 5.74) is 2.62. The van der Waals surface area contributed by atoms with Crippen LogP contribution < -0.4 is 5.32 Å². The van der Waals surface area contributed by atoms with Gasteiger partial charge in [-0.1, -0.05) is 29.8 Å². The van der Waals surface area contributed by atoms with Gasteiger partial charge in [-0.3, -0.25) is 0 Å². The molecule has 0 saturated carbocycles. The van der Waals surface area contributed by atoms with E-state index in [1.807, 2.05) is 0 Å². The molecule has 1 atom stereocenters. The molecule has 0 aliphatic carbocycles. The summed E-state index contributed by atoms with van der Waals surface area (Å²) in [6.07, 6.45) is 1.92. The number of aliphatic hydroxyl groups is 1. The van der Waals surface area contributed by atoms with Crippen molar-refractivity contribution in [2.45, 2.75) is 32.7 Å². The Morgan fingerprint density at radius 1 is 1.20 bits per heavy atom. The molecule has 0 saturated heterocycles. The van der Waals surface area contributed by atoms with E-state index in [9.17, 15) is 0 Å². The van der Waals surface area contributed by atoms with Crippen LogP contribution in [0.5, 0.6) is 0 Å². The normalized spacial score (nSPS) is 12.7. The highest BCUT2D eigenvalue weighted by Gasteiger charge is 2.02. The molecule has 1 aromatic carbocycles. The van der Waals surface area contributed by atoms with Gasteiger partial charge in [0.25, 0.3) is 0 Å². The predicted octanol–water partition coefficient (Wildman–Crippen LogP) is 2.42. The number of aryl methyl sites for hydroxylation is 1. The fraction of sp³-hybridized carbons (Fsp3) is 0.538. The van der Waals surface area contributed by atoms with Gasteiger partial charge in [0.1, 0.15) is 0 Å². The van der Waals surface area contributed by atoms with Gasteiger partial charge >= 0.3 is 0 Å². The van der Waals surface area contributed by atoms with Crippen LogP contribution in [0.3, 0.4) is 0 Å². The molecule has 0 spiro atoms. The number of hydrogen-bond donors (Lipinski definition) is 2. The van der Waals surface area contributed by atoms with Crippen molar-refractivity contribution in [3.8, 4) is 0 Å². The van der Waals surface area contributed by atoms with Crippen LogP contribution >= 0.6 is 0 Å². The topological polar surface area (TPSA) is 32.3 Å². The monoisotopic (exact) mass is 207 g/mol. The molecule has 84 valence electrons. The lowest BCUT2D eigenvalue weighted by molar-refractivity contribution is 0.283. The molecule has 0 radical (unpaired) electrons. The standard InChI is InChI=1S/C13H21NO/c1-11-5-7-13(8-6-11)12(2)14-9-3-4-10-15/h5-8,12,14-15H,3-4,9-10H2,1-2H3/t12-/m0/s1. The van der Waals surface area contributed by atoms with Crippen LogP contribution in [0, 0.1) is 6.92 Å². The van der Waals surface area contributed by atoms with Crippen molar-refractivity contribution in [1.82, 2.24) is 5.32 Å². The highest BCUT2D eigenvalue weighted by Crippen LogP contribution is 2.12. The van der Waals surface area contributed by atoms with Crippen molar-refractivity contribution in [2.24, 2.45) is 0 Å². The van der Waals surface area contributed by atoms with Crippen LogP contribution in [0.2, 0.25) is 0 Å². The summed E-state index contributed by atoms with van der Waals surface area (Å²) in [6.45, 7) is 5.53. The van der Waals surface area contributed by atoms with Gasteiger partial charge in [0.15, 0.2) is 0 Å². The van der Waals surface area contributed by atoms with Crippen molar-refractivity contribution in [2.75, 3.05) is 13.2 Å². The second kappa shape index (κ2) is 6.59. The van der Waals surface area contributed by atoms with Gasteiger partial charge in [0.05, 0.1) is 0 Å². The molecule has 0 bridgehead atoms. The molecule has 1 aromatic rings. The van der Waals surface area contributed by atoms with E-state index in [2.05, 4.69) is 43.4 Å². The molecule has 0 aromatic heterocycles. The van der Waals surface area contributed by atoms with Gasteiger partial charge in [-0.2, -0.15) is 0 Å². The first-order valence-electron chi connectivity index (χ1n) is 5.65. The number of hydrogen-bond acceptors (Lipinski definition) is 2. The minimum atomic E-state index is 0.292. The Hall–Kier alpha value is -0.860. The first kappa shape index (κ1) is 12.2. The van der Waals surface area contributed by atoms with Gasteiger partial charge in [-0.05, 0) is 38.8 Å². The van der Waals surface area contributed by atoms with E-state index in [1.165, 1.54) is 11.1 Å². The van der Waals surface area contributed by atoms with Crippen molar-refractivity contribution in [1.29, 1.82) is 0 Å². The van der Waals surface area contributed by atoms with E-state index >= 15 is 0 Å². The third-order valence-corrected chi connectivity index (χ3v) is 2.61. The van der Waals surface area contributed by atoms with Crippen LogP contribution in [0.25, 0.3) is 0 Å². The summed E-state index contributed by atoms with van der Waals surface area (Å²) in [7, 11) is 0. The first-order valence-corrected chi connectivity index (χ1v) is 5.65. The first-order chi connectivity index (χ1) is 7.24. The second-order valence-electron chi connectivity index (χ2n) is 4.02. The molecule has 2 N–H and O–H groups in total. The van der Waals surface area contributed by atoms with Crippen molar-refractivity contribution in [3.05, 3.63) is 35.4 Å². The van der Waals surface area contributed by atoms with Gasteiger partial charge < -0.3 is 10.4 Å². The minimum Gasteiger partial charge on any atom is -0.396 e. The molecule has 2 heteroatoms. The zero-order valence-electron chi connectivity index (χ0n) is 9.66. The third-order valence-electron chi connectivity index (χ3n) is 2.61. The summed E-state index contributed by atoms with van der Waals surface area (Å²) in [5, 5.41) is 12.1. The number of rotatable bonds is 6. The number of aliphatic hydroxyl groups excluding tert-OH is 1. The summed E-state index contributed by atoms with van der Waals surface area (Å²) >= 11 is 0.